The second kappa shape index (κ2) is 4.21. The Hall–Kier alpha value is -3.08. The van der Waals surface area contributed by atoms with Crippen molar-refractivity contribution in [1.29, 1.82) is 0 Å². The van der Waals surface area contributed by atoms with Gasteiger partial charge in [-0.05, 0) is 24.3 Å². The molecule has 21 heavy (non-hydrogen) atoms. The number of nitrogens with one attached hydrogen (secondary N) is 2. The summed E-state index contributed by atoms with van der Waals surface area (Å²) < 4.78 is 0. The van der Waals surface area contributed by atoms with Gasteiger partial charge in [0, 0.05) is 28.0 Å². The molecule has 0 aliphatic heterocycles. The maximum absolute atomic E-state index is 11.1. The second-order valence-corrected chi connectivity index (χ2v) is 4.89. The van der Waals surface area contributed by atoms with Gasteiger partial charge >= 0.3 is 5.97 Å². The Balaban J connectivity index is 2.02. The van der Waals surface area contributed by atoms with Gasteiger partial charge in [0.1, 0.15) is 5.69 Å². The lowest BCUT2D eigenvalue weighted by molar-refractivity contribution is 0.0697. The van der Waals surface area contributed by atoms with Crippen LogP contribution in [-0.2, 0) is 0 Å². The number of hydrogen-bond acceptors (Lipinski definition) is 2. The molecule has 0 fully saturated rings. The van der Waals surface area contributed by atoms with E-state index < -0.39 is 5.97 Å². The highest BCUT2D eigenvalue weighted by atomic mass is 16.4. The van der Waals surface area contributed by atoms with Gasteiger partial charge in [0.15, 0.2) is 0 Å². The van der Waals surface area contributed by atoms with Crippen LogP contribution < -0.4 is 0 Å². The monoisotopic (exact) mass is 277 g/mol. The average molecular weight is 277 g/mol. The minimum Gasteiger partial charge on any atom is -0.478 e. The number of aromatic amines is 2. The Morgan fingerprint density at radius 2 is 1.90 bits per heavy atom. The van der Waals surface area contributed by atoms with E-state index in [-0.39, 0.29) is 5.56 Å². The van der Waals surface area contributed by atoms with Gasteiger partial charge in [-0.25, -0.2) is 4.79 Å². The summed E-state index contributed by atoms with van der Waals surface area (Å²) in [5, 5.41) is 18.3. The number of benzene rings is 2. The second-order valence-electron chi connectivity index (χ2n) is 4.89. The zero-order chi connectivity index (χ0) is 14.4. The third-order valence-electron chi connectivity index (χ3n) is 3.65. The maximum Gasteiger partial charge on any atom is 0.335 e. The molecule has 0 spiro atoms. The van der Waals surface area contributed by atoms with E-state index in [1.807, 2.05) is 30.5 Å². The molecule has 0 atom stereocenters. The van der Waals surface area contributed by atoms with Crippen LogP contribution in [0.15, 0.2) is 48.7 Å². The van der Waals surface area contributed by atoms with Gasteiger partial charge in [-0.2, -0.15) is 5.10 Å². The predicted molar refractivity (Wildman–Crippen MR) is 80.3 cm³/mol. The van der Waals surface area contributed by atoms with Crippen molar-refractivity contribution < 1.29 is 9.90 Å². The van der Waals surface area contributed by atoms with Crippen LogP contribution in [0.4, 0.5) is 0 Å². The van der Waals surface area contributed by atoms with Crippen molar-refractivity contribution in [2.24, 2.45) is 0 Å². The molecule has 2 aromatic carbocycles. The molecule has 5 heteroatoms. The predicted octanol–water partition coefficient (Wildman–Crippen LogP) is 3.41. The standard InChI is InChI=1S/C16H11N3O2/c20-16(21)9-5-6-14-11(7-9)15(19-18-14)12-8-17-13-4-2-1-3-10(12)13/h1-8,17H,(H,18,19)(H,20,21). The van der Waals surface area contributed by atoms with E-state index in [4.69, 9.17) is 5.11 Å². The number of fused-ring (bicyclic) bond motifs is 2. The van der Waals surface area contributed by atoms with Crippen LogP contribution in [0.25, 0.3) is 33.1 Å². The van der Waals surface area contributed by atoms with Gasteiger partial charge in [0.2, 0.25) is 0 Å². The highest BCUT2D eigenvalue weighted by Gasteiger charge is 2.14. The molecular formula is C16H11N3O2. The van der Waals surface area contributed by atoms with Crippen LogP contribution in [0.3, 0.4) is 0 Å². The largest absolute Gasteiger partial charge is 0.478 e. The van der Waals surface area contributed by atoms with Gasteiger partial charge in [-0.15, -0.1) is 0 Å². The lowest BCUT2D eigenvalue weighted by Gasteiger charge is -1.98. The van der Waals surface area contributed by atoms with E-state index in [0.29, 0.717) is 0 Å². The van der Waals surface area contributed by atoms with Crippen molar-refractivity contribution in [2.75, 3.05) is 0 Å². The van der Waals surface area contributed by atoms with Crippen LogP contribution in [-0.4, -0.2) is 26.3 Å². The quantitative estimate of drug-likeness (QED) is 0.525. The first kappa shape index (κ1) is 11.7. The molecule has 0 aliphatic carbocycles. The molecule has 2 aromatic heterocycles. The van der Waals surface area contributed by atoms with Crippen LogP contribution in [0.5, 0.6) is 0 Å². The molecule has 0 radical (unpaired) electrons. The van der Waals surface area contributed by atoms with E-state index in [0.717, 1.165) is 33.1 Å². The number of carboxylic acid groups (broad SMARTS) is 1. The van der Waals surface area contributed by atoms with Gasteiger partial charge < -0.3 is 10.1 Å². The molecular weight excluding hydrogens is 266 g/mol. The summed E-state index contributed by atoms with van der Waals surface area (Å²) >= 11 is 0. The molecule has 0 saturated carbocycles. The van der Waals surface area contributed by atoms with E-state index in [1.54, 1.807) is 18.2 Å². The fraction of sp³-hybridized carbons (Fsp3) is 0. The topological polar surface area (TPSA) is 81.8 Å². The molecule has 0 saturated heterocycles. The van der Waals surface area contributed by atoms with E-state index in [2.05, 4.69) is 15.2 Å². The summed E-state index contributed by atoms with van der Waals surface area (Å²) in [7, 11) is 0. The fourth-order valence-electron chi connectivity index (χ4n) is 2.62. The Morgan fingerprint density at radius 1 is 1.05 bits per heavy atom. The minimum atomic E-state index is -0.942. The van der Waals surface area contributed by atoms with Crippen molar-refractivity contribution in [3.63, 3.8) is 0 Å². The first-order chi connectivity index (χ1) is 10.2. The van der Waals surface area contributed by atoms with Gasteiger partial charge in [0.25, 0.3) is 0 Å². The number of carbonyl (C=O) groups is 1. The number of carboxylic acids is 1. The number of hydrogen-bond donors (Lipinski definition) is 3. The fourth-order valence-corrected chi connectivity index (χ4v) is 2.62. The number of para-hydroxylation sites is 1. The zero-order valence-electron chi connectivity index (χ0n) is 10.9. The molecule has 3 N–H and O–H groups in total. The molecule has 4 rings (SSSR count). The number of H-pyrrole nitrogens is 2. The molecule has 5 nitrogen and oxygen atoms in total. The van der Waals surface area contributed by atoms with Crippen LogP contribution >= 0.6 is 0 Å². The van der Waals surface area contributed by atoms with Crippen molar-refractivity contribution in [2.45, 2.75) is 0 Å². The number of nitrogens with zero attached hydrogens (tertiary/aromatic N) is 1. The smallest absolute Gasteiger partial charge is 0.335 e. The van der Waals surface area contributed by atoms with Crippen LogP contribution in [0, 0.1) is 0 Å². The van der Waals surface area contributed by atoms with E-state index in [1.165, 1.54) is 0 Å². The first-order valence-corrected chi connectivity index (χ1v) is 6.52. The molecule has 0 unspecified atom stereocenters. The first-order valence-electron chi connectivity index (χ1n) is 6.52. The lowest BCUT2D eigenvalue weighted by atomic mass is 10.0. The Labute approximate surface area is 119 Å². The molecule has 0 amide bonds. The summed E-state index contributed by atoms with van der Waals surface area (Å²) in [6.07, 6.45) is 1.90. The lowest BCUT2D eigenvalue weighted by Crippen LogP contribution is -1.94. The Bertz CT molecular complexity index is 981. The molecule has 0 aliphatic rings. The molecule has 2 heterocycles. The van der Waals surface area contributed by atoms with Crippen LogP contribution in [0.2, 0.25) is 0 Å². The Kier molecular flexibility index (Phi) is 2.35. The molecule has 0 bridgehead atoms. The SMILES string of the molecule is O=C(O)c1ccc2[nH]nc(-c3c[nH]c4ccccc34)c2c1. The normalized spacial score (nSPS) is 11.2. The van der Waals surface area contributed by atoms with E-state index in [9.17, 15) is 4.79 Å². The Morgan fingerprint density at radius 3 is 2.76 bits per heavy atom. The minimum absolute atomic E-state index is 0.255. The van der Waals surface area contributed by atoms with Gasteiger partial charge in [-0.1, -0.05) is 18.2 Å². The summed E-state index contributed by atoms with van der Waals surface area (Å²) in [5.74, 6) is -0.942. The van der Waals surface area contributed by atoms with Crippen molar-refractivity contribution in [3.8, 4) is 11.3 Å². The third-order valence-corrected chi connectivity index (χ3v) is 3.65. The molecule has 4 aromatic rings. The van der Waals surface area contributed by atoms with Crippen LogP contribution in [0.1, 0.15) is 10.4 Å². The summed E-state index contributed by atoms with van der Waals surface area (Å²) in [4.78, 5) is 14.3. The van der Waals surface area contributed by atoms with Gasteiger partial charge in [-0.3, -0.25) is 5.10 Å². The van der Waals surface area contributed by atoms with Crippen molar-refractivity contribution >= 4 is 27.8 Å². The zero-order valence-corrected chi connectivity index (χ0v) is 10.9. The van der Waals surface area contributed by atoms with Crippen molar-refractivity contribution in [1.82, 2.24) is 15.2 Å². The van der Waals surface area contributed by atoms with E-state index >= 15 is 0 Å². The number of rotatable bonds is 2. The highest BCUT2D eigenvalue weighted by Crippen LogP contribution is 2.32. The summed E-state index contributed by atoms with van der Waals surface area (Å²) in [6, 6.07) is 12.9. The highest BCUT2D eigenvalue weighted by molar-refractivity contribution is 6.04. The summed E-state index contributed by atoms with van der Waals surface area (Å²) in [6.45, 7) is 0. The maximum atomic E-state index is 11.1. The third kappa shape index (κ3) is 1.71. The molecule has 102 valence electrons. The summed E-state index contributed by atoms with van der Waals surface area (Å²) in [5.41, 5.74) is 3.81. The number of aromatic carboxylic acids is 1. The van der Waals surface area contributed by atoms with Gasteiger partial charge in [0.05, 0.1) is 11.1 Å². The number of aromatic nitrogens is 3. The average Bonchev–Trinajstić information content (AvgIpc) is 3.09. The van der Waals surface area contributed by atoms with Crippen molar-refractivity contribution in [3.05, 3.63) is 54.2 Å².